The van der Waals surface area contributed by atoms with Crippen molar-refractivity contribution >= 4 is 11.7 Å². The molecule has 0 aliphatic carbocycles. The molecule has 0 amide bonds. The van der Waals surface area contributed by atoms with Gasteiger partial charge in [0.2, 0.25) is 0 Å². The molecule has 8 heteroatoms. The van der Waals surface area contributed by atoms with Crippen molar-refractivity contribution in [1.82, 2.24) is 14.9 Å². The van der Waals surface area contributed by atoms with Gasteiger partial charge in [-0.1, -0.05) is 0 Å². The summed E-state index contributed by atoms with van der Waals surface area (Å²) in [4.78, 5) is 23.1. The third-order valence-corrected chi connectivity index (χ3v) is 3.46. The maximum atomic E-state index is 10.6. The number of likely N-dealkylation sites (N-methyl/N-ethyl adjacent to an activating group) is 1. The number of hydrogen-bond donors (Lipinski definition) is 0. The highest BCUT2D eigenvalue weighted by Crippen LogP contribution is 2.24. The van der Waals surface area contributed by atoms with Crippen molar-refractivity contribution in [2.75, 3.05) is 38.1 Å². The minimum atomic E-state index is -0.576. The molecule has 0 radical (unpaired) electrons. The first-order chi connectivity index (χ1) is 10.1. The number of furan rings is 1. The summed E-state index contributed by atoms with van der Waals surface area (Å²) < 4.78 is 5.14. The molecule has 2 aromatic rings. The number of piperazine rings is 1. The Morgan fingerprint density at radius 2 is 2.00 bits per heavy atom. The first-order valence-corrected chi connectivity index (χ1v) is 6.64. The Morgan fingerprint density at radius 1 is 1.24 bits per heavy atom. The Bertz CT molecular complexity index is 649. The molecule has 1 aliphatic rings. The van der Waals surface area contributed by atoms with Gasteiger partial charge in [-0.3, -0.25) is 10.1 Å². The minimum Gasteiger partial charge on any atom is -0.397 e. The number of aromatic nitrogens is 2. The van der Waals surface area contributed by atoms with Crippen LogP contribution in [0, 0.1) is 10.1 Å². The van der Waals surface area contributed by atoms with Crippen molar-refractivity contribution in [1.29, 1.82) is 0 Å². The fourth-order valence-corrected chi connectivity index (χ4v) is 2.23. The van der Waals surface area contributed by atoms with E-state index in [4.69, 9.17) is 4.42 Å². The average Bonchev–Trinajstić information content (AvgIpc) is 2.98. The molecule has 21 heavy (non-hydrogen) atoms. The second-order valence-corrected chi connectivity index (χ2v) is 4.92. The van der Waals surface area contributed by atoms with E-state index >= 15 is 0 Å². The molecular weight excluding hydrogens is 274 g/mol. The minimum absolute atomic E-state index is 0.303. The lowest BCUT2D eigenvalue weighted by Crippen LogP contribution is -2.44. The van der Waals surface area contributed by atoms with Crippen LogP contribution in [-0.2, 0) is 0 Å². The molecule has 0 bridgehead atoms. The number of hydrogen-bond acceptors (Lipinski definition) is 7. The van der Waals surface area contributed by atoms with Gasteiger partial charge in [-0.15, -0.1) is 0 Å². The van der Waals surface area contributed by atoms with Gasteiger partial charge in [-0.05, 0) is 19.2 Å². The molecule has 0 atom stereocenters. The Labute approximate surface area is 121 Å². The van der Waals surface area contributed by atoms with Crippen molar-refractivity contribution in [3.63, 3.8) is 0 Å². The molecule has 0 spiro atoms. The van der Waals surface area contributed by atoms with Gasteiger partial charge >= 0.3 is 5.88 Å². The molecule has 0 unspecified atom stereocenters. The van der Waals surface area contributed by atoms with Crippen molar-refractivity contribution in [2.24, 2.45) is 0 Å². The summed E-state index contributed by atoms with van der Waals surface area (Å²) >= 11 is 0. The Kier molecular flexibility index (Phi) is 3.53. The molecule has 1 fully saturated rings. The van der Waals surface area contributed by atoms with E-state index in [1.165, 1.54) is 12.1 Å². The summed E-state index contributed by atoms with van der Waals surface area (Å²) in [5, 5.41) is 10.6. The fraction of sp³-hybridized carbons (Fsp3) is 0.385. The van der Waals surface area contributed by atoms with Crippen LogP contribution >= 0.6 is 0 Å². The van der Waals surface area contributed by atoms with Crippen LogP contribution in [-0.4, -0.2) is 53.0 Å². The lowest BCUT2D eigenvalue weighted by molar-refractivity contribution is -0.401. The van der Waals surface area contributed by atoms with E-state index in [9.17, 15) is 10.1 Å². The highest BCUT2D eigenvalue weighted by molar-refractivity contribution is 5.52. The van der Waals surface area contributed by atoms with E-state index in [0.29, 0.717) is 11.6 Å². The zero-order valence-corrected chi connectivity index (χ0v) is 11.6. The van der Waals surface area contributed by atoms with Gasteiger partial charge in [-0.2, -0.15) is 0 Å². The summed E-state index contributed by atoms with van der Waals surface area (Å²) in [6, 6.07) is 4.66. The average molecular weight is 289 g/mol. The highest BCUT2D eigenvalue weighted by atomic mass is 16.6. The van der Waals surface area contributed by atoms with Gasteiger partial charge < -0.3 is 14.2 Å². The normalized spacial score (nSPS) is 16.1. The van der Waals surface area contributed by atoms with E-state index in [1.807, 2.05) is 6.07 Å². The molecular formula is C13H15N5O3. The molecule has 1 saturated heterocycles. The summed E-state index contributed by atoms with van der Waals surface area (Å²) in [6.07, 6.45) is 1.64. The summed E-state index contributed by atoms with van der Waals surface area (Å²) in [5.74, 6) is 1.17. The molecule has 1 aliphatic heterocycles. The third-order valence-electron chi connectivity index (χ3n) is 3.46. The number of nitro groups is 1. The highest BCUT2D eigenvalue weighted by Gasteiger charge is 2.18. The van der Waals surface area contributed by atoms with Gasteiger partial charge in [-0.25, -0.2) is 9.97 Å². The first-order valence-electron chi connectivity index (χ1n) is 6.64. The smallest absolute Gasteiger partial charge is 0.397 e. The van der Waals surface area contributed by atoms with Crippen LogP contribution < -0.4 is 4.90 Å². The maximum Gasteiger partial charge on any atom is 0.433 e. The Balaban J connectivity index is 1.83. The standard InChI is InChI=1S/C13H15N5O3/c1-16-6-8-17(9-7-16)11-4-5-14-13(15-11)10-2-3-12(21-10)18(19)20/h2-5H,6-9H2,1H3. The second kappa shape index (κ2) is 5.49. The Morgan fingerprint density at radius 3 is 2.67 bits per heavy atom. The van der Waals surface area contributed by atoms with E-state index in [-0.39, 0.29) is 5.88 Å². The number of nitrogens with zero attached hydrogens (tertiary/aromatic N) is 5. The number of anilines is 1. The van der Waals surface area contributed by atoms with Crippen LogP contribution in [0.15, 0.2) is 28.8 Å². The Hall–Kier alpha value is -2.48. The lowest BCUT2D eigenvalue weighted by Gasteiger charge is -2.33. The lowest BCUT2D eigenvalue weighted by atomic mass is 10.3. The predicted molar refractivity (Wildman–Crippen MR) is 76.1 cm³/mol. The third kappa shape index (κ3) is 2.84. The largest absolute Gasteiger partial charge is 0.433 e. The van der Waals surface area contributed by atoms with Crippen molar-refractivity contribution in [3.8, 4) is 11.6 Å². The van der Waals surface area contributed by atoms with Crippen molar-refractivity contribution in [3.05, 3.63) is 34.5 Å². The van der Waals surface area contributed by atoms with Gasteiger partial charge in [0.15, 0.2) is 11.6 Å². The summed E-state index contributed by atoms with van der Waals surface area (Å²) in [7, 11) is 2.09. The fourth-order valence-electron chi connectivity index (χ4n) is 2.23. The van der Waals surface area contributed by atoms with Crippen LogP contribution in [0.4, 0.5) is 11.7 Å². The van der Waals surface area contributed by atoms with Gasteiger partial charge in [0, 0.05) is 32.4 Å². The van der Waals surface area contributed by atoms with E-state index < -0.39 is 4.92 Å². The molecule has 0 saturated carbocycles. The van der Waals surface area contributed by atoms with Crippen LogP contribution in [0.5, 0.6) is 0 Å². The van der Waals surface area contributed by atoms with E-state index in [1.54, 1.807) is 6.20 Å². The van der Waals surface area contributed by atoms with Gasteiger partial charge in [0.1, 0.15) is 10.7 Å². The molecule has 8 nitrogen and oxygen atoms in total. The van der Waals surface area contributed by atoms with Crippen LogP contribution in [0.2, 0.25) is 0 Å². The molecule has 2 aromatic heterocycles. The quantitative estimate of drug-likeness (QED) is 0.623. The van der Waals surface area contributed by atoms with Crippen LogP contribution in [0.1, 0.15) is 0 Å². The van der Waals surface area contributed by atoms with Crippen LogP contribution in [0.25, 0.3) is 11.6 Å². The van der Waals surface area contributed by atoms with Crippen molar-refractivity contribution < 1.29 is 9.34 Å². The molecule has 0 aromatic carbocycles. The number of rotatable bonds is 3. The van der Waals surface area contributed by atoms with Gasteiger partial charge in [0.25, 0.3) is 0 Å². The van der Waals surface area contributed by atoms with Crippen LogP contribution in [0.3, 0.4) is 0 Å². The summed E-state index contributed by atoms with van der Waals surface area (Å²) in [5.41, 5.74) is 0. The topological polar surface area (TPSA) is 88.5 Å². The first kappa shape index (κ1) is 13.5. The van der Waals surface area contributed by atoms with Gasteiger partial charge in [0.05, 0.1) is 6.07 Å². The molecule has 110 valence electrons. The predicted octanol–water partition coefficient (Wildman–Crippen LogP) is 1.40. The molecule has 0 N–H and O–H groups in total. The SMILES string of the molecule is CN1CCN(c2ccnc(-c3ccc([N+](=O)[O-])o3)n2)CC1. The summed E-state index contributed by atoms with van der Waals surface area (Å²) in [6.45, 7) is 3.74. The van der Waals surface area contributed by atoms with Crippen molar-refractivity contribution in [2.45, 2.75) is 0 Å². The second-order valence-electron chi connectivity index (χ2n) is 4.92. The molecule has 3 rings (SSSR count). The zero-order valence-electron chi connectivity index (χ0n) is 11.6. The monoisotopic (exact) mass is 289 g/mol. The molecule has 3 heterocycles. The van der Waals surface area contributed by atoms with E-state index in [2.05, 4.69) is 26.8 Å². The van der Waals surface area contributed by atoms with E-state index in [0.717, 1.165) is 32.0 Å². The zero-order chi connectivity index (χ0) is 14.8. The maximum absolute atomic E-state index is 10.6.